The van der Waals surface area contributed by atoms with Crippen LogP contribution >= 0.6 is 27.7 Å². The standard InChI is InChI=1S/C20H15BrF3N5O4S/c21-10-3-15(26-5-9(10)4-25)34-20-19(32)17(18(31)14(7-30)33-20)29-6-13(27-28-29)8-1-11(22)16(24)12(23)2-8/h1-3,5-6,14,17-20,30-32H,7H2. The Balaban J connectivity index is 1.63. The first-order valence-electron chi connectivity index (χ1n) is 9.65. The molecule has 14 heteroatoms. The molecule has 5 unspecified atom stereocenters. The van der Waals surface area contributed by atoms with Crippen LogP contribution in [-0.2, 0) is 4.74 Å². The maximum atomic E-state index is 13.6. The van der Waals surface area contributed by atoms with Gasteiger partial charge in [0, 0.05) is 16.2 Å². The van der Waals surface area contributed by atoms with Gasteiger partial charge in [-0.2, -0.15) is 5.26 Å². The predicted molar refractivity (Wildman–Crippen MR) is 115 cm³/mol. The highest BCUT2D eigenvalue weighted by Crippen LogP contribution is 2.38. The summed E-state index contributed by atoms with van der Waals surface area (Å²) >= 11 is 4.24. The number of thioether (sulfide) groups is 1. The van der Waals surface area contributed by atoms with Crippen molar-refractivity contribution in [3.8, 4) is 17.3 Å². The van der Waals surface area contributed by atoms with E-state index >= 15 is 0 Å². The Bertz CT molecular complexity index is 1240. The minimum absolute atomic E-state index is 0.0360. The number of aliphatic hydroxyl groups is 3. The normalized spacial score (nSPS) is 24.7. The molecule has 0 aliphatic carbocycles. The van der Waals surface area contributed by atoms with Crippen molar-refractivity contribution in [1.29, 1.82) is 5.26 Å². The monoisotopic (exact) mass is 557 g/mol. The van der Waals surface area contributed by atoms with Crippen LogP contribution in [-0.4, -0.2) is 65.7 Å². The lowest BCUT2D eigenvalue weighted by Gasteiger charge is -2.41. The Morgan fingerprint density at radius 1 is 1.18 bits per heavy atom. The van der Waals surface area contributed by atoms with E-state index < -0.39 is 53.8 Å². The number of rotatable bonds is 5. The minimum Gasteiger partial charge on any atom is -0.394 e. The van der Waals surface area contributed by atoms with Crippen LogP contribution in [0, 0.1) is 28.8 Å². The third-order valence-electron chi connectivity index (χ3n) is 5.13. The van der Waals surface area contributed by atoms with Crippen LogP contribution in [0.25, 0.3) is 11.3 Å². The van der Waals surface area contributed by atoms with Crippen molar-refractivity contribution in [2.45, 2.75) is 34.8 Å². The summed E-state index contributed by atoms with van der Waals surface area (Å²) in [7, 11) is 0. The van der Waals surface area contributed by atoms with Crippen molar-refractivity contribution in [2.24, 2.45) is 0 Å². The second kappa shape index (κ2) is 9.98. The first-order valence-corrected chi connectivity index (χ1v) is 11.3. The zero-order valence-corrected chi connectivity index (χ0v) is 19.3. The van der Waals surface area contributed by atoms with E-state index in [1.165, 1.54) is 12.4 Å². The smallest absolute Gasteiger partial charge is 0.194 e. The van der Waals surface area contributed by atoms with Gasteiger partial charge in [0.2, 0.25) is 0 Å². The van der Waals surface area contributed by atoms with Crippen molar-refractivity contribution in [3.05, 3.63) is 58.1 Å². The predicted octanol–water partition coefficient (Wildman–Crippen LogP) is 2.16. The Kier molecular flexibility index (Phi) is 7.22. The minimum atomic E-state index is -1.62. The first-order chi connectivity index (χ1) is 16.2. The van der Waals surface area contributed by atoms with E-state index in [1.807, 2.05) is 6.07 Å². The molecular formula is C20H15BrF3N5O4S. The van der Waals surface area contributed by atoms with E-state index in [-0.39, 0.29) is 11.3 Å². The van der Waals surface area contributed by atoms with E-state index in [0.29, 0.717) is 15.1 Å². The molecule has 3 N–H and O–H groups in total. The molecule has 34 heavy (non-hydrogen) atoms. The fourth-order valence-electron chi connectivity index (χ4n) is 3.41. The summed E-state index contributed by atoms with van der Waals surface area (Å²) in [6, 6.07) is 3.83. The molecule has 0 amide bonds. The molecule has 0 bridgehead atoms. The lowest BCUT2D eigenvalue weighted by atomic mass is 9.97. The van der Waals surface area contributed by atoms with Crippen molar-refractivity contribution in [1.82, 2.24) is 20.0 Å². The van der Waals surface area contributed by atoms with Crippen molar-refractivity contribution in [3.63, 3.8) is 0 Å². The van der Waals surface area contributed by atoms with Crippen LogP contribution in [0.5, 0.6) is 0 Å². The first kappa shape index (κ1) is 24.6. The van der Waals surface area contributed by atoms with E-state index in [9.17, 15) is 28.5 Å². The molecular weight excluding hydrogens is 543 g/mol. The van der Waals surface area contributed by atoms with Gasteiger partial charge in [-0.1, -0.05) is 17.0 Å². The summed E-state index contributed by atoms with van der Waals surface area (Å²) in [5.74, 6) is -4.44. The third kappa shape index (κ3) is 4.67. The number of nitriles is 1. The molecule has 3 heterocycles. The molecule has 1 aromatic carbocycles. The molecule has 1 saturated heterocycles. The zero-order chi connectivity index (χ0) is 24.6. The Labute approximate surface area is 202 Å². The Morgan fingerprint density at radius 2 is 1.88 bits per heavy atom. The molecule has 0 saturated carbocycles. The van der Waals surface area contributed by atoms with E-state index in [2.05, 4.69) is 31.2 Å². The van der Waals surface area contributed by atoms with E-state index in [0.717, 1.165) is 28.6 Å². The number of hydrogen-bond donors (Lipinski definition) is 3. The second-order valence-electron chi connectivity index (χ2n) is 7.27. The topological polar surface area (TPSA) is 137 Å². The van der Waals surface area contributed by atoms with Gasteiger partial charge in [-0.3, -0.25) is 0 Å². The maximum absolute atomic E-state index is 13.6. The summed E-state index contributed by atoms with van der Waals surface area (Å²) in [5, 5.41) is 48.4. The molecule has 5 atom stereocenters. The lowest BCUT2D eigenvalue weighted by Crippen LogP contribution is -2.55. The van der Waals surface area contributed by atoms with Gasteiger partial charge in [-0.15, -0.1) is 5.10 Å². The van der Waals surface area contributed by atoms with E-state index in [4.69, 9.17) is 10.00 Å². The van der Waals surface area contributed by atoms with Gasteiger partial charge in [0.25, 0.3) is 0 Å². The molecule has 0 radical (unpaired) electrons. The zero-order valence-electron chi connectivity index (χ0n) is 16.9. The molecule has 1 aliphatic rings. The van der Waals surface area contributed by atoms with Crippen LogP contribution < -0.4 is 0 Å². The second-order valence-corrected chi connectivity index (χ2v) is 9.24. The van der Waals surface area contributed by atoms with Gasteiger partial charge in [0.05, 0.1) is 23.4 Å². The molecule has 4 rings (SSSR count). The number of ether oxygens (including phenoxy) is 1. The molecule has 1 fully saturated rings. The van der Waals surface area contributed by atoms with Gasteiger partial charge >= 0.3 is 0 Å². The van der Waals surface area contributed by atoms with Crippen LogP contribution in [0.15, 0.2) is 40.1 Å². The number of halogens is 4. The van der Waals surface area contributed by atoms with Gasteiger partial charge in [0.15, 0.2) is 17.5 Å². The highest BCUT2D eigenvalue weighted by Gasteiger charge is 2.46. The van der Waals surface area contributed by atoms with Crippen molar-refractivity contribution < 1.29 is 33.2 Å². The number of hydrogen-bond acceptors (Lipinski definition) is 9. The van der Waals surface area contributed by atoms with Gasteiger partial charge in [-0.05, 0) is 34.1 Å². The lowest BCUT2D eigenvalue weighted by molar-refractivity contribution is -0.178. The summed E-state index contributed by atoms with van der Waals surface area (Å²) < 4.78 is 47.7. The van der Waals surface area contributed by atoms with Gasteiger partial charge in [0.1, 0.15) is 41.6 Å². The molecule has 178 valence electrons. The molecule has 3 aromatic rings. The molecule has 2 aromatic heterocycles. The average Bonchev–Trinajstić information content (AvgIpc) is 3.29. The van der Waals surface area contributed by atoms with Crippen LogP contribution in [0.4, 0.5) is 13.2 Å². The third-order valence-corrected chi connectivity index (χ3v) is 6.87. The van der Waals surface area contributed by atoms with Crippen LogP contribution in [0.2, 0.25) is 0 Å². The highest BCUT2D eigenvalue weighted by atomic mass is 79.9. The summed E-state index contributed by atoms with van der Waals surface area (Å²) in [5.41, 5.74) is -0.855. The van der Waals surface area contributed by atoms with Crippen LogP contribution in [0.3, 0.4) is 0 Å². The molecule has 1 aliphatic heterocycles. The van der Waals surface area contributed by atoms with Crippen molar-refractivity contribution in [2.75, 3.05) is 6.61 Å². The van der Waals surface area contributed by atoms with Crippen molar-refractivity contribution >= 4 is 27.7 Å². The van der Waals surface area contributed by atoms with Gasteiger partial charge < -0.3 is 20.1 Å². The number of aromatic nitrogens is 4. The van der Waals surface area contributed by atoms with Gasteiger partial charge in [-0.25, -0.2) is 22.8 Å². The highest BCUT2D eigenvalue weighted by molar-refractivity contribution is 9.10. The maximum Gasteiger partial charge on any atom is 0.194 e. The Hall–Kier alpha value is -2.54. The SMILES string of the molecule is N#Cc1cnc(SC2OC(CO)C(O)C(n3cc(-c4cc(F)c(F)c(F)c4)nn3)C2O)cc1Br. The fourth-order valence-corrected chi connectivity index (χ4v) is 5.01. The van der Waals surface area contributed by atoms with Crippen LogP contribution in [0.1, 0.15) is 11.6 Å². The fraction of sp³-hybridized carbons (Fsp3) is 0.300. The quantitative estimate of drug-likeness (QED) is 0.403. The summed E-state index contributed by atoms with van der Waals surface area (Å²) in [6.07, 6.45) is -1.37. The molecule has 9 nitrogen and oxygen atoms in total. The Morgan fingerprint density at radius 3 is 2.50 bits per heavy atom. The largest absolute Gasteiger partial charge is 0.394 e. The average molecular weight is 558 g/mol. The van der Waals surface area contributed by atoms with E-state index in [1.54, 1.807) is 6.07 Å². The molecule has 0 spiro atoms. The number of nitrogens with zero attached hydrogens (tertiary/aromatic N) is 5. The number of pyridine rings is 1. The number of benzene rings is 1. The summed E-state index contributed by atoms with van der Waals surface area (Å²) in [6.45, 7) is -0.581. The summed E-state index contributed by atoms with van der Waals surface area (Å²) in [4.78, 5) is 4.13. The number of aliphatic hydroxyl groups excluding tert-OH is 3.